The molecule has 3 fully saturated rings. The first-order valence-corrected chi connectivity index (χ1v) is 10.2. The molecule has 3 rings (SSSR count). The van der Waals surface area contributed by atoms with Gasteiger partial charge in [-0.25, -0.2) is 4.79 Å². The molecule has 1 unspecified atom stereocenters. The first kappa shape index (κ1) is 19.5. The zero-order chi connectivity index (χ0) is 18.9. The Morgan fingerprint density at radius 3 is 2.15 bits per heavy atom. The second-order valence-corrected chi connectivity index (χ2v) is 9.22. The average Bonchev–Trinajstić information content (AvgIpc) is 3.06. The summed E-state index contributed by atoms with van der Waals surface area (Å²) in [4.78, 5) is 31.3. The van der Waals surface area contributed by atoms with Crippen molar-refractivity contribution in [2.24, 2.45) is 0 Å². The largest absolute Gasteiger partial charge is 0.444 e. The van der Waals surface area contributed by atoms with E-state index >= 15 is 0 Å². The maximum atomic E-state index is 12.6. The number of carbonyl (C=O) groups is 2. The van der Waals surface area contributed by atoms with Gasteiger partial charge in [-0.05, 0) is 59.3 Å². The Bertz CT molecular complexity index is 511. The van der Waals surface area contributed by atoms with Gasteiger partial charge in [0.2, 0.25) is 5.91 Å². The van der Waals surface area contributed by atoms with E-state index in [-0.39, 0.29) is 12.1 Å². The molecule has 6 heteroatoms. The van der Waals surface area contributed by atoms with E-state index < -0.39 is 5.60 Å². The quantitative estimate of drug-likeness (QED) is 0.772. The first-order chi connectivity index (χ1) is 12.2. The highest BCUT2D eigenvalue weighted by Gasteiger charge is 2.42. The van der Waals surface area contributed by atoms with Gasteiger partial charge in [0.15, 0.2) is 0 Å². The molecule has 3 heterocycles. The molecule has 0 aromatic carbocycles. The Labute approximate surface area is 157 Å². The van der Waals surface area contributed by atoms with Crippen LogP contribution in [0.4, 0.5) is 4.79 Å². The van der Waals surface area contributed by atoms with Crippen LogP contribution in [0, 0.1) is 0 Å². The van der Waals surface area contributed by atoms with Crippen molar-refractivity contribution in [1.82, 2.24) is 14.7 Å². The van der Waals surface area contributed by atoms with Gasteiger partial charge in [-0.3, -0.25) is 9.69 Å². The van der Waals surface area contributed by atoms with Gasteiger partial charge < -0.3 is 14.5 Å². The molecule has 0 aromatic rings. The highest BCUT2D eigenvalue weighted by Crippen LogP contribution is 2.36. The Balaban J connectivity index is 1.60. The topological polar surface area (TPSA) is 53.1 Å². The minimum atomic E-state index is -0.468. The number of fused-ring (bicyclic) bond motifs is 2. The molecule has 6 nitrogen and oxygen atoms in total. The van der Waals surface area contributed by atoms with E-state index in [1.165, 1.54) is 6.42 Å². The van der Waals surface area contributed by atoms with Crippen LogP contribution in [0.2, 0.25) is 0 Å². The number of piperidine rings is 2. The van der Waals surface area contributed by atoms with E-state index in [1.807, 2.05) is 32.7 Å². The lowest BCUT2D eigenvalue weighted by molar-refractivity contribution is -0.134. The van der Waals surface area contributed by atoms with E-state index in [4.69, 9.17) is 4.74 Å². The predicted molar refractivity (Wildman–Crippen MR) is 101 cm³/mol. The number of ether oxygens (including phenoxy) is 1. The number of nitrogens with zero attached hydrogens (tertiary/aromatic N) is 3. The van der Waals surface area contributed by atoms with Gasteiger partial charge in [0.05, 0.1) is 6.54 Å². The van der Waals surface area contributed by atoms with Gasteiger partial charge in [-0.2, -0.15) is 0 Å². The summed E-state index contributed by atoms with van der Waals surface area (Å²) in [5.41, 5.74) is -0.468. The van der Waals surface area contributed by atoms with Crippen molar-refractivity contribution in [3.8, 4) is 0 Å². The fraction of sp³-hybridized carbons (Fsp3) is 0.900. The molecule has 0 saturated carbocycles. The maximum Gasteiger partial charge on any atom is 0.410 e. The number of hydrogen-bond donors (Lipinski definition) is 0. The molecule has 3 aliphatic heterocycles. The first-order valence-electron chi connectivity index (χ1n) is 10.2. The summed E-state index contributed by atoms with van der Waals surface area (Å²) in [5.74, 6) is 0.290. The number of amides is 2. The van der Waals surface area contributed by atoms with Gasteiger partial charge in [0, 0.05) is 38.3 Å². The van der Waals surface area contributed by atoms with Crippen LogP contribution in [0.25, 0.3) is 0 Å². The third-order valence-corrected chi connectivity index (χ3v) is 6.11. The van der Waals surface area contributed by atoms with Crippen LogP contribution < -0.4 is 0 Å². The van der Waals surface area contributed by atoms with Crippen molar-refractivity contribution in [1.29, 1.82) is 0 Å². The molecule has 0 aromatic heterocycles. The smallest absolute Gasteiger partial charge is 0.410 e. The van der Waals surface area contributed by atoms with Crippen molar-refractivity contribution in [3.63, 3.8) is 0 Å². The molecule has 148 valence electrons. The van der Waals surface area contributed by atoms with E-state index in [0.717, 1.165) is 51.6 Å². The monoisotopic (exact) mass is 365 g/mol. The summed E-state index contributed by atoms with van der Waals surface area (Å²) in [5, 5.41) is 0. The molecule has 3 saturated heterocycles. The summed E-state index contributed by atoms with van der Waals surface area (Å²) >= 11 is 0. The summed E-state index contributed by atoms with van der Waals surface area (Å²) in [6.07, 6.45) is 7.42. The van der Waals surface area contributed by atoms with Crippen LogP contribution in [-0.2, 0) is 9.53 Å². The number of hydrogen-bond acceptors (Lipinski definition) is 4. The molecular weight excluding hydrogens is 330 g/mol. The zero-order valence-electron chi connectivity index (χ0n) is 16.9. The molecule has 0 radical (unpaired) electrons. The van der Waals surface area contributed by atoms with Crippen molar-refractivity contribution < 1.29 is 14.3 Å². The van der Waals surface area contributed by atoms with Gasteiger partial charge in [-0.15, -0.1) is 0 Å². The minimum Gasteiger partial charge on any atom is -0.444 e. The molecule has 0 spiro atoms. The lowest BCUT2D eigenvalue weighted by Gasteiger charge is -2.50. The van der Waals surface area contributed by atoms with E-state index in [2.05, 4.69) is 4.90 Å². The molecule has 3 atom stereocenters. The van der Waals surface area contributed by atoms with E-state index in [0.29, 0.717) is 24.5 Å². The van der Waals surface area contributed by atoms with Gasteiger partial charge in [0.1, 0.15) is 5.60 Å². The predicted octanol–water partition coefficient (Wildman–Crippen LogP) is 2.86. The SMILES string of the molecule is CN(C(=O)OC(C)(C)C)C1C[C@H]2CCC[C@@H](C1)N2CC(=O)N1CCCC1. The third-order valence-electron chi connectivity index (χ3n) is 6.11. The van der Waals surface area contributed by atoms with Gasteiger partial charge in [-0.1, -0.05) is 6.42 Å². The van der Waals surface area contributed by atoms with Crippen LogP contribution in [0.3, 0.4) is 0 Å². The van der Waals surface area contributed by atoms with Crippen LogP contribution >= 0.6 is 0 Å². The Hall–Kier alpha value is -1.30. The standard InChI is InChI=1S/C20H35N3O3/c1-20(2,3)26-19(25)21(4)17-12-15-8-7-9-16(13-17)23(15)14-18(24)22-10-5-6-11-22/h15-17H,5-14H2,1-4H3/t15-,16+,17?. The number of carbonyl (C=O) groups excluding carboxylic acids is 2. The van der Waals surface area contributed by atoms with Gasteiger partial charge in [0.25, 0.3) is 0 Å². The van der Waals surface area contributed by atoms with E-state index in [9.17, 15) is 9.59 Å². The Kier molecular flexibility index (Phi) is 5.80. The van der Waals surface area contributed by atoms with Crippen molar-refractivity contribution in [2.45, 2.75) is 89.4 Å². The normalized spacial score (nSPS) is 29.5. The lowest BCUT2D eigenvalue weighted by atomic mass is 9.81. The van der Waals surface area contributed by atoms with Crippen molar-refractivity contribution in [3.05, 3.63) is 0 Å². The van der Waals surface area contributed by atoms with Crippen LogP contribution in [0.1, 0.15) is 65.7 Å². The Morgan fingerprint density at radius 2 is 1.62 bits per heavy atom. The van der Waals surface area contributed by atoms with Gasteiger partial charge >= 0.3 is 6.09 Å². The second kappa shape index (κ2) is 7.75. The molecule has 3 aliphatic rings. The fourth-order valence-electron chi connectivity index (χ4n) is 4.73. The Morgan fingerprint density at radius 1 is 1.04 bits per heavy atom. The lowest BCUT2D eigenvalue weighted by Crippen LogP contribution is -2.59. The summed E-state index contributed by atoms with van der Waals surface area (Å²) in [6, 6.07) is 1.02. The van der Waals surface area contributed by atoms with Crippen LogP contribution in [0.15, 0.2) is 0 Å². The molecule has 0 aliphatic carbocycles. The zero-order valence-corrected chi connectivity index (χ0v) is 16.9. The molecule has 2 bridgehead atoms. The fourth-order valence-corrected chi connectivity index (χ4v) is 4.73. The van der Waals surface area contributed by atoms with Crippen LogP contribution in [0.5, 0.6) is 0 Å². The average molecular weight is 366 g/mol. The second-order valence-electron chi connectivity index (χ2n) is 9.22. The van der Waals surface area contributed by atoms with Crippen LogP contribution in [-0.4, -0.2) is 77.1 Å². The molecule has 0 N–H and O–H groups in total. The summed E-state index contributed by atoms with van der Waals surface area (Å²) in [6.45, 7) is 8.11. The highest BCUT2D eigenvalue weighted by atomic mass is 16.6. The molecule has 26 heavy (non-hydrogen) atoms. The van der Waals surface area contributed by atoms with Crippen molar-refractivity contribution in [2.75, 3.05) is 26.7 Å². The van der Waals surface area contributed by atoms with E-state index in [1.54, 1.807) is 4.90 Å². The summed E-state index contributed by atoms with van der Waals surface area (Å²) in [7, 11) is 1.86. The van der Waals surface area contributed by atoms with Crippen molar-refractivity contribution >= 4 is 12.0 Å². The molecule has 2 amide bonds. The minimum absolute atomic E-state index is 0.207. The molecular formula is C20H35N3O3. The third kappa shape index (κ3) is 4.51. The number of rotatable bonds is 3. The number of likely N-dealkylation sites (tertiary alicyclic amines) is 1. The maximum absolute atomic E-state index is 12.6. The summed E-state index contributed by atoms with van der Waals surface area (Å²) < 4.78 is 5.55. The highest BCUT2D eigenvalue weighted by molar-refractivity contribution is 5.78.